The van der Waals surface area contributed by atoms with E-state index in [9.17, 15) is 0 Å². The summed E-state index contributed by atoms with van der Waals surface area (Å²) in [6, 6.07) is 30.4. The number of fused-ring (bicyclic) bond motifs is 1. The van der Waals surface area contributed by atoms with Crippen LogP contribution in [-0.4, -0.2) is 14.6 Å². The first-order chi connectivity index (χ1) is 14.4. The zero-order valence-electron chi connectivity index (χ0n) is 15.8. The maximum Gasteiger partial charge on any atom is 0.163 e. The molecule has 3 aromatic carbocycles. The van der Waals surface area contributed by atoms with Gasteiger partial charge >= 0.3 is 0 Å². The van der Waals surface area contributed by atoms with E-state index in [1.807, 2.05) is 71.5 Å². The molecule has 0 fully saturated rings. The lowest BCUT2D eigenvalue weighted by Crippen LogP contribution is -1.97. The van der Waals surface area contributed by atoms with Gasteiger partial charge in [0.15, 0.2) is 5.65 Å². The van der Waals surface area contributed by atoms with Gasteiger partial charge in [-0.2, -0.15) is 5.10 Å². The van der Waals surface area contributed by atoms with Gasteiger partial charge in [0.25, 0.3) is 0 Å². The zero-order valence-corrected chi connectivity index (χ0v) is 15.8. The third-order valence-corrected chi connectivity index (χ3v) is 4.88. The van der Waals surface area contributed by atoms with Gasteiger partial charge in [-0.05, 0) is 41.5 Å². The molecule has 140 valence electrons. The van der Waals surface area contributed by atoms with E-state index in [1.54, 1.807) is 0 Å². The normalized spacial score (nSPS) is 10.9. The molecule has 4 heteroatoms. The van der Waals surface area contributed by atoms with E-state index in [2.05, 4.69) is 46.5 Å². The zero-order chi connectivity index (χ0) is 19.5. The van der Waals surface area contributed by atoms with Gasteiger partial charge in [0, 0.05) is 17.3 Å². The molecule has 0 radical (unpaired) electrons. The molecule has 0 saturated carbocycles. The first-order valence-corrected chi connectivity index (χ1v) is 9.54. The van der Waals surface area contributed by atoms with Gasteiger partial charge in [-0.1, -0.05) is 60.7 Å². The highest BCUT2D eigenvalue weighted by Gasteiger charge is 2.11. The molecular weight excluding hydrogens is 358 g/mol. The summed E-state index contributed by atoms with van der Waals surface area (Å²) in [6.07, 6.45) is 3.71. The van der Waals surface area contributed by atoms with Crippen molar-refractivity contribution in [2.45, 2.75) is 6.61 Å². The number of hydrogen-bond acceptors (Lipinski definition) is 3. The Bertz CT molecular complexity index is 1230. The second-order valence-electron chi connectivity index (χ2n) is 6.79. The Hall–Kier alpha value is -3.92. The summed E-state index contributed by atoms with van der Waals surface area (Å²) < 4.78 is 7.79. The molecule has 0 N–H and O–H groups in total. The fourth-order valence-electron chi connectivity index (χ4n) is 3.39. The minimum atomic E-state index is 0.555. The predicted molar refractivity (Wildman–Crippen MR) is 115 cm³/mol. The molecular formula is C25H19N3O. The first kappa shape index (κ1) is 17.2. The van der Waals surface area contributed by atoms with Crippen LogP contribution in [0.25, 0.3) is 28.0 Å². The maximum atomic E-state index is 5.90. The molecule has 0 aliphatic heterocycles. The molecule has 0 amide bonds. The number of rotatable bonds is 5. The second kappa shape index (κ2) is 7.60. The minimum absolute atomic E-state index is 0.555. The third kappa shape index (κ3) is 3.48. The van der Waals surface area contributed by atoms with Crippen molar-refractivity contribution in [2.24, 2.45) is 0 Å². The largest absolute Gasteiger partial charge is 0.489 e. The van der Waals surface area contributed by atoms with E-state index in [0.29, 0.717) is 6.61 Å². The Kier molecular flexibility index (Phi) is 4.51. The standard InChI is InChI=1S/C25H19N3O/c1-3-7-19(8-4-1)18-29-22-13-11-21(12-14-22)24-15-16-26-25-23(17-27-28(24)25)20-9-5-2-6-10-20/h1-17H,18H2. The average molecular weight is 377 g/mol. The molecule has 0 saturated heterocycles. The van der Waals surface area contributed by atoms with Crippen molar-refractivity contribution in [1.82, 2.24) is 14.6 Å². The van der Waals surface area contributed by atoms with Gasteiger partial charge in [0.2, 0.25) is 0 Å². The van der Waals surface area contributed by atoms with E-state index < -0.39 is 0 Å². The van der Waals surface area contributed by atoms with E-state index in [4.69, 9.17) is 4.74 Å². The monoisotopic (exact) mass is 377 g/mol. The van der Waals surface area contributed by atoms with Crippen LogP contribution in [0.4, 0.5) is 0 Å². The van der Waals surface area contributed by atoms with Crippen LogP contribution >= 0.6 is 0 Å². The lowest BCUT2D eigenvalue weighted by atomic mass is 10.1. The molecule has 5 aromatic rings. The number of nitrogens with zero attached hydrogens (tertiary/aromatic N) is 3. The van der Waals surface area contributed by atoms with Gasteiger partial charge in [-0.25, -0.2) is 9.50 Å². The Balaban J connectivity index is 1.43. The van der Waals surface area contributed by atoms with Gasteiger partial charge in [-0.15, -0.1) is 0 Å². The predicted octanol–water partition coefficient (Wildman–Crippen LogP) is 5.64. The van der Waals surface area contributed by atoms with Crippen LogP contribution in [0.3, 0.4) is 0 Å². The number of hydrogen-bond donors (Lipinski definition) is 0. The highest BCUT2D eigenvalue weighted by atomic mass is 16.5. The summed E-state index contributed by atoms with van der Waals surface area (Å²) in [4.78, 5) is 4.56. The first-order valence-electron chi connectivity index (χ1n) is 9.54. The Morgan fingerprint density at radius 2 is 1.45 bits per heavy atom. The molecule has 0 bridgehead atoms. The number of aromatic nitrogens is 3. The van der Waals surface area contributed by atoms with Crippen LogP contribution in [0.1, 0.15) is 5.56 Å². The smallest absolute Gasteiger partial charge is 0.163 e. The molecule has 0 aliphatic rings. The second-order valence-corrected chi connectivity index (χ2v) is 6.79. The lowest BCUT2D eigenvalue weighted by molar-refractivity contribution is 0.306. The molecule has 0 unspecified atom stereocenters. The summed E-state index contributed by atoms with van der Waals surface area (Å²) in [7, 11) is 0. The lowest BCUT2D eigenvalue weighted by Gasteiger charge is -2.09. The van der Waals surface area contributed by atoms with Gasteiger partial charge < -0.3 is 4.74 Å². The summed E-state index contributed by atoms with van der Waals surface area (Å²) in [5, 5.41) is 4.59. The fourth-order valence-corrected chi connectivity index (χ4v) is 3.39. The van der Waals surface area contributed by atoms with Gasteiger partial charge in [0.1, 0.15) is 12.4 Å². The number of ether oxygens (including phenoxy) is 1. The summed E-state index contributed by atoms with van der Waals surface area (Å²) >= 11 is 0. The van der Waals surface area contributed by atoms with Crippen molar-refractivity contribution in [3.8, 4) is 28.1 Å². The minimum Gasteiger partial charge on any atom is -0.489 e. The molecule has 0 atom stereocenters. The summed E-state index contributed by atoms with van der Waals surface area (Å²) in [5.74, 6) is 0.841. The van der Waals surface area contributed by atoms with Crippen molar-refractivity contribution >= 4 is 5.65 Å². The third-order valence-electron chi connectivity index (χ3n) is 4.88. The van der Waals surface area contributed by atoms with Crippen molar-refractivity contribution in [2.75, 3.05) is 0 Å². The molecule has 5 rings (SSSR count). The van der Waals surface area contributed by atoms with Crippen molar-refractivity contribution in [3.05, 3.63) is 109 Å². The van der Waals surface area contributed by atoms with Gasteiger partial charge in [0.05, 0.1) is 11.9 Å². The topological polar surface area (TPSA) is 39.4 Å². The van der Waals surface area contributed by atoms with E-state index >= 15 is 0 Å². The molecule has 4 nitrogen and oxygen atoms in total. The highest BCUT2D eigenvalue weighted by molar-refractivity contribution is 5.78. The molecule has 0 aliphatic carbocycles. The summed E-state index contributed by atoms with van der Waals surface area (Å²) in [6.45, 7) is 0.555. The van der Waals surface area contributed by atoms with E-state index in [0.717, 1.165) is 39.3 Å². The van der Waals surface area contributed by atoms with Crippen molar-refractivity contribution in [1.29, 1.82) is 0 Å². The Labute approximate surface area is 169 Å². The van der Waals surface area contributed by atoms with Crippen LogP contribution in [0.2, 0.25) is 0 Å². The number of benzene rings is 3. The molecule has 29 heavy (non-hydrogen) atoms. The van der Waals surface area contributed by atoms with E-state index in [-0.39, 0.29) is 0 Å². The van der Waals surface area contributed by atoms with Crippen LogP contribution in [-0.2, 0) is 6.61 Å². The molecule has 2 aromatic heterocycles. The summed E-state index contributed by atoms with van der Waals surface area (Å²) in [5.41, 5.74) is 6.18. The van der Waals surface area contributed by atoms with Gasteiger partial charge in [-0.3, -0.25) is 0 Å². The quantitative estimate of drug-likeness (QED) is 0.398. The van der Waals surface area contributed by atoms with Crippen LogP contribution in [0, 0.1) is 0 Å². The molecule has 2 heterocycles. The Morgan fingerprint density at radius 3 is 2.21 bits per heavy atom. The van der Waals surface area contributed by atoms with Crippen LogP contribution in [0.5, 0.6) is 5.75 Å². The van der Waals surface area contributed by atoms with Crippen LogP contribution < -0.4 is 4.74 Å². The fraction of sp³-hybridized carbons (Fsp3) is 0.0400. The highest BCUT2D eigenvalue weighted by Crippen LogP contribution is 2.28. The van der Waals surface area contributed by atoms with Crippen LogP contribution in [0.15, 0.2) is 103 Å². The average Bonchev–Trinajstić information content (AvgIpc) is 3.24. The molecule has 0 spiro atoms. The Morgan fingerprint density at radius 1 is 0.724 bits per heavy atom. The maximum absolute atomic E-state index is 5.90. The SMILES string of the molecule is c1ccc(COc2ccc(-c3ccnc4c(-c5ccccc5)cnn34)cc2)cc1. The van der Waals surface area contributed by atoms with Crippen molar-refractivity contribution < 1.29 is 4.74 Å². The van der Waals surface area contributed by atoms with Crippen molar-refractivity contribution in [3.63, 3.8) is 0 Å². The van der Waals surface area contributed by atoms with E-state index in [1.165, 1.54) is 0 Å².